The van der Waals surface area contributed by atoms with Crippen molar-refractivity contribution in [2.75, 3.05) is 13.1 Å². The molecule has 76 valence electrons. The molecular weight excluding hydrogens is 178 g/mol. The summed E-state index contributed by atoms with van der Waals surface area (Å²) in [4.78, 5) is 0. The van der Waals surface area contributed by atoms with Gasteiger partial charge in [0.2, 0.25) is 0 Å². The van der Waals surface area contributed by atoms with Crippen molar-refractivity contribution in [3.63, 3.8) is 0 Å². The second-order valence-electron chi connectivity index (χ2n) is 3.73. The lowest BCUT2D eigenvalue weighted by molar-refractivity contribution is 0.397. The number of phenolic OH excluding ortho intramolecular Hbond substituents is 2. The molecule has 0 spiro atoms. The monoisotopic (exact) mass is 193 g/mol. The molecule has 2 rings (SSSR count). The average Bonchev–Trinajstić information content (AvgIpc) is 2.19. The topological polar surface area (TPSA) is 52.5 Å². The summed E-state index contributed by atoms with van der Waals surface area (Å²) in [6.45, 7) is 1.91. The van der Waals surface area contributed by atoms with E-state index >= 15 is 0 Å². The van der Waals surface area contributed by atoms with Gasteiger partial charge in [-0.05, 0) is 44.0 Å². The van der Waals surface area contributed by atoms with Crippen LogP contribution in [0, 0.1) is 0 Å². The van der Waals surface area contributed by atoms with E-state index in [0.717, 1.165) is 25.9 Å². The highest BCUT2D eigenvalue weighted by Crippen LogP contribution is 2.37. The molecule has 1 aromatic rings. The fourth-order valence-electron chi connectivity index (χ4n) is 2.07. The summed E-state index contributed by atoms with van der Waals surface area (Å²) in [6.07, 6.45) is 1.95. The number of aromatic hydroxyl groups is 2. The van der Waals surface area contributed by atoms with E-state index in [1.807, 2.05) is 0 Å². The third-order valence-corrected chi connectivity index (χ3v) is 2.81. The van der Waals surface area contributed by atoms with Crippen molar-refractivity contribution in [2.24, 2.45) is 0 Å². The first-order chi connectivity index (χ1) is 6.79. The molecule has 0 bridgehead atoms. The highest BCUT2D eigenvalue weighted by Gasteiger charge is 2.20. The van der Waals surface area contributed by atoms with Crippen LogP contribution in [0.3, 0.4) is 0 Å². The van der Waals surface area contributed by atoms with Crippen LogP contribution < -0.4 is 5.32 Å². The fourth-order valence-corrected chi connectivity index (χ4v) is 2.07. The zero-order valence-corrected chi connectivity index (χ0v) is 8.03. The quantitative estimate of drug-likeness (QED) is 0.634. The van der Waals surface area contributed by atoms with Gasteiger partial charge in [-0.2, -0.15) is 0 Å². The second kappa shape index (κ2) is 3.88. The van der Waals surface area contributed by atoms with Crippen LogP contribution in [0.1, 0.15) is 24.3 Å². The normalized spacial score (nSPS) is 18.3. The van der Waals surface area contributed by atoms with Crippen LogP contribution in [0.25, 0.3) is 0 Å². The number of nitrogens with one attached hydrogen (secondary N) is 1. The molecule has 0 amide bonds. The first-order valence-electron chi connectivity index (χ1n) is 5.00. The van der Waals surface area contributed by atoms with Crippen LogP contribution in [0.5, 0.6) is 11.5 Å². The Labute approximate surface area is 83.4 Å². The molecule has 1 aliphatic heterocycles. The molecule has 14 heavy (non-hydrogen) atoms. The van der Waals surface area contributed by atoms with Gasteiger partial charge in [-0.1, -0.05) is 6.07 Å². The SMILES string of the molecule is Oc1cccc(O)c1C1CCNCC1. The second-order valence-corrected chi connectivity index (χ2v) is 3.73. The van der Waals surface area contributed by atoms with E-state index in [2.05, 4.69) is 5.32 Å². The first-order valence-corrected chi connectivity index (χ1v) is 5.00. The van der Waals surface area contributed by atoms with Crippen molar-refractivity contribution < 1.29 is 10.2 Å². The maximum atomic E-state index is 9.66. The smallest absolute Gasteiger partial charge is 0.122 e. The molecule has 0 aromatic heterocycles. The summed E-state index contributed by atoms with van der Waals surface area (Å²) in [7, 11) is 0. The van der Waals surface area contributed by atoms with E-state index in [1.165, 1.54) is 0 Å². The van der Waals surface area contributed by atoms with E-state index < -0.39 is 0 Å². The summed E-state index contributed by atoms with van der Waals surface area (Å²) >= 11 is 0. The minimum atomic E-state index is 0.219. The molecule has 3 nitrogen and oxygen atoms in total. The van der Waals surface area contributed by atoms with Crippen molar-refractivity contribution in [3.05, 3.63) is 23.8 Å². The Morgan fingerprint density at radius 1 is 1.07 bits per heavy atom. The Morgan fingerprint density at radius 2 is 1.64 bits per heavy atom. The zero-order chi connectivity index (χ0) is 9.97. The minimum Gasteiger partial charge on any atom is -0.508 e. The minimum absolute atomic E-state index is 0.219. The predicted molar refractivity (Wildman–Crippen MR) is 54.6 cm³/mol. The lowest BCUT2D eigenvalue weighted by Crippen LogP contribution is -2.26. The zero-order valence-electron chi connectivity index (χ0n) is 8.03. The highest BCUT2D eigenvalue weighted by molar-refractivity contribution is 5.45. The van der Waals surface area contributed by atoms with E-state index in [1.54, 1.807) is 18.2 Å². The largest absolute Gasteiger partial charge is 0.508 e. The Bertz CT molecular complexity index is 299. The van der Waals surface area contributed by atoms with E-state index in [9.17, 15) is 10.2 Å². The van der Waals surface area contributed by atoms with Crippen molar-refractivity contribution in [2.45, 2.75) is 18.8 Å². The van der Waals surface area contributed by atoms with Crippen molar-refractivity contribution in [1.29, 1.82) is 0 Å². The van der Waals surface area contributed by atoms with Crippen LogP contribution in [0.15, 0.2) is 18.2 Å². The van der Waals surface area contributed by atoms with Crippen LogP contribution in [0.2, 0.25) is 0 Å². The molecule has 1 heterocycles. The van der Waals surface area contributed by atoms with Crippen LogP contribution in [-0.4, -0.2) is 23.3 Å². The maximum Gasteiger partial charge on any atom is 0.122 e. The molecule has 0 unspecified atom stereocenters. The molecule has 0 radical (unpaired) electrons. The summed E-state index contributed by atoms with van der Waals surface area (Å²) in [5, 5.41) is 22.6. The molecule has 0 aliphatic carbocycles. The molecule has 0 saturated carbocycles. The molecule has 1 aliphatic rings. The number of benzene rings is 1. The number of piperidine rings is 1. The number of hydrogen-bond acceptors (Lipinski definition) is 3. The molecule has 0 atom stereocenters. The third kappa shape index (κ3) is 1.68. The van der Waals surface area contributed by atoms with Gasteiger partial charge in [0.1, 0.15) is 11.5 Å². The number of rotatable bonds is 1. The number of hydrogen-bond donors (Lipinski definition) is 3. The summed E-state index contributed by atoms with van der Waals surface area (Å²) < 4.78 is 0. The van der Waals surface area contributed by atoms with Crippen LogP contribution in [-0.2, 0) is 0 Å². The summed E-state index contributed by atoms with van der Waals surface area (Å²) in [5.41, 5.74) is 0.717. The number of phenols is 2. The first kappa shape index (κ1) is 9.34. The van der Waals surface area contributed by atoms with Gasteiger partial charge in [0.15, 0.2) is 0 Å². The van der Waals surface area contributed by atoms with Gasteiger partial charge in [-0.3, -0.25) is 0 Å². The van der Waals surface area contributed by atoms with Crippen LogP contribution in [0.4, 0.5) is 0 Å². The fraction of sp³-hybridized carbons (Fsp3) is 0.455. The van der Waals surface area contributed by atoms with Crippen LogP contribution >= 0.6 is 0 Å². The molecular formula is C11H15NO2. The van der Waals surface area contributed by atoms with Gasteiger partial charge in [0, 0.05) is 5.56 Å². The Kier molecular flexibility index (Phi) is 2.59. The van der Waals surface area contributed by atoms with Crippen molar-refractivity contribution in [1.82, 2.24) is 5.32 Å². The molecule has 3 N–H and O–H groups in total. The highest BCUT2D eigenvalue weighted by atomic mass is 16.3. The van der Waals surface area contributed by atoms with Gasteiger partial charge in [-0.25, -0.2) is 0 Å². The van der Waals surface area contributed by atoms with Gasteiger partial charge in [-0.15, -0.1) is 0 Å². The van der Waals surface area contributed by atoms with Crippen molar-refractivity contribution in [3.8, 4) is 11.5 Å². The van der Waals surface area contributed by atoms with Gasteiger partial charge in [0.05, 0.1) is 0 Å². The molecule has 3 heteroatoms. The Hall–Kier alpha value is -1.22. The molecule has 1 saturated heterocycles. The van der Waals surface area contributed by atoms with Gasteiger partial charge < -0.3 is 15.5 Å². The van der Waals surface area contributed by atoms with E-state index in [-0.39, 0.29) is 17.4 Å². The maximum absolute atomic E-state index is 9.66. The summed E-state index contributed by atoms with van der Waals surface area (Å²) in [6, 6.07) is 4.93. The standard InChI is InChI=1S/C11H15NO2/c13-9-2-1-3-10(14)11(9)8-4-6-12-7-5-8/h1-3,8,12-14H,4-7H2. The van der Waals surface area contributed by atoms with Gasteiger partial charge in [0.25, 0.3) is 0 Å². The summed E-state index contributed by atoms with van der Waals surface area (Å²) in [5.74, 6) is 0.728. The Morgan fingerprint density at radius 3 is 2.21 bits per heavy atom. The lowest BCUT2D eigenvalue weighted by Gasteiger charge is -2.24. The lowest BCUT2D eigenvalue weighted by atomic mass is 9.89. The molecule has 1 aromatic carbocycles. The van der Waals surface area contributed by atoms with Gasteiger partial charge >= 0.3 is 0 Å². The predicted octanol–water partition coefficient (Wildman–Crippen LogP) is 1.56. The van der Waals surface area contributed by atoms with E-state index in [4.69, 9.17) is 0 Å². The average molecular weight is 193 g/mol. The Balaban J connectivity index is 2.29. The third-order valence-electron chi connectivity index (χ3n) is 2.81. The molecule has 1 fully saturated rings. The van der Waals surface area contributed by atoms with E-state index in [0.29, 0.717) is 5.56 Å². The van der Waals surface area contributed by atoms with Crippen molar-refractivity contribution >= 4 is 0 Å².